The van der Waals surface area contributed by atoms with E-state index in [2.05, 4.69) is 10.6 Å². The number of benzene rings is 1. The largest absolute Gasteiger partial charge is 0.394 e. The van der Waals surface area contributed by atoms with Gasteiger partial charge in [-0.1, -0.05) is 23.7 Å². The van der Waals surface area contributed by atoms with E-state index in [4.69, 9.17) is 21.1 Å². The van der Waals surface area contributed by atoms with Crippen LogP contribution in [-0.4, -0.2) is 72.7 Å². The molecule has 2 fully saturated rings. The van der Waals surface area contributed by atoms with Crippen LogP contribution in [0.25, 0.3) is 0 Å². The van der Waals surface area contributed by atoms with E-state index in [1.54, 1.807) is 24.3 Å². The predicted octanol–water partition coefficient (Wildman–Crippen LogP) is 0.739. The summed E-state index contributed by atoms with van der Waals surface area (Å²) >= 11 is 5.99. The third-order valence-corrected chi connectivity index (χ3v) is 6.08. The fourth-order valence-corrected chi connectivity index (χ4v) is 4.05. The number of carbonyl (C=O) groups excluding carboxylic acids is 2. The molecule has 8 nitrogen and oxygen atoms in total. The van der Waals surface area contributed by atoms with Gasteiger partial charge in [0.1, 0.15) is 0 Å². The second-order valence-electron chi connectivity index (χ2n) is 8.24. The summed E-state index contributed by atoms with van der Waals surface area (Å²) in [5.41, 5.74) is -0.732. The van der Waals surface area contributed by atoms with Crippen molar-refractivity contribution in [2.24, 2.45) is 0 Å². The second-order valence-corrected chi connectivity index (χ2v) is 8.67. The minimum absolute atomic E-state index is 0.0689. The molecule has 1 aromatic carbocycles. The summed E-state index contributed by atoms with van der Waals surface area (Å²) in [5.74, 6) is -0.912. The lowest BCUT2D eigenvalue weighted by Gasteiger charge is -2.29. The van der Waals surface area contributed by atoms with Crippen LogP contribution < -0.4 is 10.6 Å². The number of aliphatic hydroxyl groups excluding tert-OH is 2. The van der Waals surface area contributed by atoms with Crippen molar-refractivity contribution in [1.29, 1.82) is 0 Å². The number of rotatable bonds is 9. The predicted molar refractivity (Wildman–Crippen MR) is 110 cm³/mol. The molecule has 9 heteroatoms. The standard InChI is InChI=1S/C21H29ClN2O6/c22-17-3-1-15(2-4-17)16(9-18(27)23-20(11-25)5-7-29-13-20)10-19(28)24-21(12-26)6-8-30-14-21/h1-4,16,25-26H,5-14H2,(H,23,27)(H,24,28). The molecule has 0 radical (unpaired) electrons. The van der Waals surface area contributed by atoms with Gasteiger partial charge in [-0.2, -0.15) is 0 Å². The van der Waals surface area contributed by atoms with E-state index in [0.717, 1.165) is 5.56 Å². The molecule has 0 aromatic heterocycles. The lowest BCUT2D eigenvalue weighted by Crippen LogP contribution is -2.53. The number of hydrogen-bond donors (Lipinski definition) is 4. The summed E-state index contributed by atoms with van der Waals surface area (Å²) in [7, 11) is 0. The van der Waals surface area contributed by atoms with Crippen LogP contribution in [0.1, 0.15) is 37.2 Å². The van der Waals surface area contributed by atoms with Crippen LogP contribution in [0.5, 0.6) is 0 Å². The van der Waals surface area contributed by atoms with Crippen molar-refractivity contribution >= 4 is 23.4 Å². The molecule has 2 unspecified atom stereocenters. The van der Waals surface area contributed by atoms with Gasteiger partial charge in [-0.3, -0.25) is 9.59 Å². The molecule has 30 heavy (non-hydrogen) atoms. The average molecular weight is 441 g/mol. The van der Waals surface area contributed by atoms with Gasteiger partial charge in [-0.05, 0) is 30.5 Å². The number of ether oxygens (including phenoxy) is 2. The van der Waals surface area contributed by atoms with E-state index in [0.29, 0.717) is 31.1 Å². The summed E-state index contributed by atoms with van der Waals surface area (Å²) in [6, 6.07) is 7.04. The van der Waals surface area contributed by atoms with Gasteiger partial charge < -0.3 is 30.3 Å². The Kier molecular flexibility index (Phi) is 7.70. The Bertz CT molecular complexity index is 690. The quantitative estimate of drug-likeness (QED) is 0.450. The van der Waals surface area contributed by atoms with Crippen molar-refractivity contribution in [3.8, 4) is 0 Å². The Hall–Kier alpha value is -1.71. The number of hydrogen-bond acceptors (Lipinski definition) is 6. The third kappa shape index (κ3) is 5.70. The maximum atomic E-state index is 12.8. The van der Waals surface area contributed by atoms with E-state index < -0.39 is 17.0 Å². The van der Waals surface area contributed by atoms with E-state index in [1.165, 1.54) is 0 Å². The van der Waals surface area contributed by atoms with Crippen molar-refractivity contribution in [3.63, 3.8) is 0 Å². The van der Waals surface area contributed by atoms with Gasteiger partial charge in [-0.15, -0.1) is 0 Å². The zero-order valence-corrected chi connectivity index (χ0v) is 17.6. The van der Waals surface area contributed by atoms with E-state index >= 15 is 0 Å². The topological polar surface area (TPSA) is 117 Å². The fourth-order valence-electron chi connectivity index (χ4n) is 3.92. The Balaban J connectivity index is 1.69. The molecule has 0 saturated carbocycles. The first-order valence-corrected chi connectivity index (χ1v) is 10.5. The SMILES string of the molecule is O=C(CC(CC(=O)NC1(CO)CCOC1)c1ccc(Cl)cc1)NC1(CO)CCOC1. The van der Waals surface area contributed by atoms with Crippen LogP contribution in [0.2, 0.25) is 5.02 Å². The molecular formula is C21H29ClN2O6. The summed E-state index contributed by atoms with van der Waals surface area (Å²) < 4.78 is 10.7. The minimum atomic E-state index is -0.772. The van der Waals surface area contributed by atoms with Crippen molar-refractivity contribution in [2.75, 3.05) is 39.6 Å². The minimum Gasteiger partial charge on any atom is -0.394 e. The smallest absolute Gasteiger partial charge is 0.221 e. The normalized spacial score (nSPS) is 27.0. The van der Waals surface area contributed by atoms with Gasteiger partial charge in [0.05, 0.1) is 37.5 Å². The zero-order chi connectivity index (χ0) is 21.6. The third-order valence-electron chi connectivity index (χ3n) is 5.83. The van der Waals surface area contributed by atoms with Gasteiger partial charge in [0.25, 0.3) is 0 Å². The summed E-state index contributed by atoms with van der Waals surface area (Å²) in [4.78, 5) is 25.5. The first-order valence-electron chi connectivity index (χ1n) is 10.1. The van der Waals surface area contributed by atoms with E-state index in [9.17, 15) is 19.8 Å². The Labute approximate surface area is 180 Å². The monoisotopic (exact) mass is 440 g/mol. The fraction of sp³-hybridized carbons (Fsp3) is 0.619. The number of amides is 2. The molecule has 3 rings (SSSR count). The lowest BCUT2D eigenvalue weighted by atomic mass is 9.90. The highest BCUT2D eigenvalue weighted by atomic mass is 35.5. The van der Waals surface area contributed by atoms with Crippen molar-refractivity contribution < 1.29 is 29.3 Å². The van der Waals surface area contributed by atoms with E-state index in [1.807, 2.05) is 0 Å². The Morgan fingerprint density at radius 3 is 1.77 bits per heavy atom. The van der Waals surface area contributed by atoms with Crippen LogP contribution in [-0.2, 0) is 19.1 Å². The molecule has 0 spiro atoms. The first kappa shape index (κ1) is 23.0. The van der Waals surface area contributed by atoms with Crippen LogP contribution in [0.3, 0.4) is 0 Å². The maximum absolute atomic E-state index is 12.8. The number of halogens is 1. The molecule has 166 valence electrons. The van der Waals surface area contributed by atoms with Crippen LogP contribution >= 0.6 is 11.6 Å². The Morgan fingerprint density at radius 1 is 0.933 bits per heavy atom. The van der Waals surface area contributed by atoms with Gasteiger partial charge >= 0.3 is 0 Å². The van der Waals surface area contributed by atoms with E-state index in [-0.39, 0.29) is 51.1 Å². The molecule has 2 saturated heterocycles. The van der Waals surface area contributed by atoms with Crippen molar-refractivity contribution in [2.45, 2.75) is 42.7 Å². The summed E-state index contributed by atoms with van der Waals surface area (Å²) in [6.45, 7) is 1.08. The van der Waals surface area contributed by atoms with Gasteiger partial charge in [0, 0.05) is 37.0 Å². The van der Waals surface area contributed by atoms with Crippen molar-refractivity contribution in [1.82, 2.24) is 10.6 Å². The first-order chi connectivity index (χ1) is 14.4. The van der Waals surface area contributed by atoms with Gasteiger partial charge in [0.2, 0.25) is 11.8 Å². The molecule has 0 aliphatic carbocycles. The summed E-state index contributed by atoms with van der Waals surface area (Å²) in [5, 5.41) is 25.7. The molecule has 2 aliphatic rings. The molecule has 2 heterocycles. The molecule has 4 N–H and O–H groups in total. The zero-order valence-electron chi connectivity index (χ0n) is 16.9. The van der Waals surface area contributed by atoms with Crippen LogP contribution in [0.15, 0.2) is 24.3 Å². The molecule has 2 aliphatic heterocycles. The average Bonchev–Trinajstić information content (AvgIpc) is 3.38. The second kappa shape index (κ2) is 10.1. The van der Waals surface area contributed by atoms with Gasteiger partial charge in [0.15, 0.2) is 0 Å². The highest BCUT2D eigenvalue weighted by Gasteiger charge is 2.38. The molecule has 2 atom stereocenters. The highest BCUT2D eigenvalue weighted by Crippen LogP contribution is 2.27. The maximum Gasteiger partial charge on any atom is 0.221 e. The summed E-state index contributed by atoms with van der Waals surface area (Å²) in [6.07, 6.45) is 1.22. The number of carbonyl (C=O) groups is 2. The van der Waals surface area contributed by atoms with Crippen molar-refractivity contribution in [3.05, 3.63) is 34.9 Å². The highest BCUT2D eigenvalue weighted by molar-refractivity contribution is 6.30. The lowest BCUT2D eigenvalue weighted by molar-refractivity contribution is -0.125. The Morgan fingerprint density at radius 2 is 1.40 bits per heavy atom. The number of aliphatic hydroxyl groups is 2. The molecule has 0 bridgehead atoms. The molecular weight excluding hydrogens is 412 g/mol. The number of nitrogens with one attached hydrogen (secondary N) is 2. The van der Waals surface area contributed by atoms with Crippen LogP contribution in [0, 0.1) is 0 Å². The molecule has 1 aromatic rings. The van der Waals surface area contributed by atoms with Crippen LogP contribution in [0.4, 0.5) is 0 Å². The molecule has 2 amide bonds. The van der Waals surface area contributed by atoms with Gasteiger partial charge in [-0.25, -0.2) is 0 Å².